The molecule has 0 rings (SSSR count). The van der Waals surface area contributed by atoms with Crippen LogP contribution in [0.3, 0.4) is 0 Å². The second-order valence-corrected chi connectivity index (χ2v) is 24.1. The van der Waals surface area contributed by atoms with Crippen molar-refractivity contribution in [1.82, 2.24) is 0 Å². The first kappa shape index (κ1) is 99.4. The third kappa shape index (κ3) is 60.1. The number of ether oxygens (including phenoxy) is 17. The van der Waals surface area contributed by atoms with Crippen LogP contribution in [0.2, 0.25) is 0 Å². The Balaban J connectivity index is 7.10. The van der Waals surface area contributed by atoms with E-state index in [1.165, 1.54) is 0 Å². The van der Waals surface area contributed by atoms with E-state index in [9.17, 15) is 97.0 Å². The highest BCUT2D eigenvalue weighted by Gasteiger charge is 2.26. The number of rotatable bonds is 78. The summed E-state index contributed by atoms with van der Waals surface area (Å²) in [4.78, 5) is 0. The molecule has 0 saturated carbocycles. The van der Waals surface area contributed by atoms with Crippen LogP contribution in [0, 0.1) is 0 Å². The molecule has 0 radical (unpaired) electrons. The van der Waals surface area contributed by atoms with Crippen molar-refractivity contribution >= 4 is 0 Å². The molecule has 0 bridgehead atoms. The summed E-state index contributed by atoms with van der Waals surface area (Å²) in [5.74, 6) is 0. The van der Waals surface area contributed by atoms with Crippen LogP contribution in [0.1, 0.15) is 38.5 Å². The van der Waals surface area contributed by atoms with Crippen molar-refractivity contribution in [3.63, 3.8) is 0 Å². The first-order chi connectivity index (χ1) is 48.6. The van der Waals surface area contributed by atoms with Crippen LogP contribution >= 0.6 is 0 Å². The van der Waals surface area contributed by atoms with Gasteiger partial charge in [0.25, 0.3) is 0 Å². The molecule has 0 spiro atoms. The molecule has 39 nitrogen and oxygen atoms in total. The minimum absolute atomic E-state index is 0.115. The molecule has 0 aromatic heterocycles. The number of aliphatic hydroxyl groups is 22. The number of hydrogen-bond donors (Lipinski definition) is 22. The van der Waals surface area contributed by atoms with Crippen molar-refractivity contribution in [2.45, 2.75) is 161 Å². The molecule has 0 aromatic carbocycles. The van der Waals surface area contributed by atoms with Crippen LogP contribution in [0.25, 0.3) is 0 Å². The van der Waals surface area contributed by atoms with Crippen LogP contribution in [0.5, 0.6) is 0 Å². The smallest absolute Gasteiger partial charge is 0.104 e. The fourth-order valence-electron chi connectivity index (χ4n) is 8.14. The van der Waals surface area contributed by atoms with Gasteiger partial charge in [0.2, 0.25) is 0 Å². The van der Waals surface area contributed by atoms with Crippen LogP contribution in [0.4, 0.5) is 0 Å². The van der Waals surface area contributed by atoms with E-state index in [2.05, 4.69) is 0 Å². The summed E-state index contributed by atoms with van der Waals surface area (Å²) >= 11 is 0. The van der Waals surface area contributed by atoms with Gasteiger partial charge in [-0.3, -0.25) is 0 Å². The first-order valence-electron chi connectivity index (χ1n) is 34.0. The molecular weight excluding hydrogens is 1370 g/mol. The lowest BCUT2D eigenvalue weighted by Gasteiger charge is -2.28. The summed E-state index contributed by atoms with van der Waals surface area (Å²) in [5, 5.41) is 216. The molecule has 39 heteroatoms. The Bertz CT molecular complexity index is 1740. The Morgan fingerprint density at radius 2 is 0.287 bits per heavy atom. The largest absolute Gasteiger partial charge is 0.394 e. The van der Waals surface area contributed by atoms with Gasteiger partial charge in [-0.05, 0) is 38.5 Å². The summed E-state index contributed by atoms with van der Waals surface area (Å²) in [5.41, 5.74) is 0. The fraction of sp³-hybridized carbons (Fsp3) is 1.00. The van der Waals surface area contributed by atoms with E-state index in [1.54, 1.807) is 0 Å². The van der Waals surface area contributed by atoms with Gasteiger partial charge < -0.3 is 193 Å². The highest BCUT2D eigenvalue weighted by Crippen LogP contribution is 2.16. The number of hydrogen-bond acceptors (Lipinski definition) is 39. The Morgan fingerprint density at radius 1 is 0.139 bits per heavy atom. The van der Waals surface area contributed by atoms with Crippen LogP contribution in [0.15, 0.2) is 0 Å². The first-order valence-corrected chi connectivity index (χ1v) is 34.0. The van der Waals surface area contributed by atoms with Crippen molar-refractivity contribution in [3.05, 3.63) is 0 Å². The monoisotopic (exact) mass is 1490 g/mol. The molecule has 0 saturated heterocycles. The topological polar surface area (TPSA) is 602 Å². The molecule has 0 heterocycles. The van der Waals surface area contributed by atoms with E-state index in [4.69, 9.17) is 95.8 Å². The number of aliphatic hydroxyl groups excluding tert-OH is 22. The third-order valence-electron chi connectivity index (χ3n) is 13.8. The lowest BCUT2D eigenvalue weighted by molar-refractivity contribution is -0.152. The lowest BCUT2D eigenvalue weighted by atomic mass is 10.1. The Morgan fingerprint density at radius 3 is 0.535 bits per heavy atom. The Kier molecular flexibility index (Phi) is 66.7. The molecule has 20 unspecified atom stereocenters. The Hall–Kier alpha value is -1.56. The van der Waals surface area contributed by atoms with Crippen molar-refractivity contribution in [3.8, 4) is 0 Å². The molecule has 0 fully saturated rings. The zero-order chi connectivity index (χ0) is 75.3. The minimum Gasteiger partial charge on any atom is -0.394 e. The van der Waals surface area contributed by atoms with Gasteiger partial charge in [0.1, 0.15) is 97.7 Å². The van der Waals surface area contributed by atoms with E-state index in [0.29, 0.717) is 6.42 Å². The van der Waals surface area contributed by atoms with Gasteiger partial charge in [-0.1, -0.05) is 0 Å². The van der Waals surface area contributed by atoms with Gasteiger partial charge >= 0.3 is 0 Å². The second-order valence-electron chi connectivity index (χ2n) is 24.1. The minimum atomic E-state index is -1.31. The molecule has 608 valence electrons. The van der Waals surface area contributed by atoms with Gasteiger partial charge in [-0.2, -0.15) is 0 Å². The maximum atomic E-state index is 10.7. The third-order valence-corrected chi connectivity index (χ3v) is 13.8. The van der Waals surface area contributed by atoms with Crippen LogP contribution in [-0.2, 0) is 80.5 Å². The average Bonchev–Trinajstić information content (AvgIpc) is 1.16. The zero-order valence-electron chi connectivity index (χ0n) is 58.0. The second kappa shape index (κ2) is 67.8. The highest BCUT2D eigenvalue weighted by atomic mass is 16.6. The van der Waals surface area contributed by atoms with E-state index in [-0.39, 0.29) is 210 Å². The van der Waals surface area contributed by atoms with Gasteiger partial charge in [-0.25, -0.2) is 0 Å². The van der Waals surface area contributed by atoms with Gasteiger partial charge in [-0.15, -0.1) is 0 Å². The molecule has 0 aliphatic rings. The highest BCUT2D eigenvalue weighted by molar-refractivity contribution is 4.72. The van der Waals surface area contributed by atoms with E-state index < -0.39 is 182 Å². The van der Waals surface area contributed by atoms with Crippen molar-refractivity contribution in [2.75, 3.05) is 238 Å². The van der Waals surface area contributed by atoms with E-state index >= 15 is 0 Å². The summed E-state index contributed by atoms with van der Waals surface area (Å²) < 4.78 is 99.0. The molecule has 22 N–H and O–H groups in total. The van der Waals surface area contributed by atoms with Gasteiger partial charge in [0.05, 0.1) is 262 Å². The quantitative estimate of drug-likeness (QED) is 0.0269. The molecular formula is C62H126O39. The molecule has 0 aromatic rings. The maximum absolute atomic E-state index is 10.7. The SMILES string of the molecule is OCC(O)CCCC(COC(COCC(O)CO)COCC(COCC(O)CO)OCC(CCCC(O)CO)OCC(COCC(COCC(O)COCC(O)CO)OCC(O)CO)OCC(COCC(O)COCC(O)CO)OCC(O)COCC(O)CO)OCC(O)COCC(O)CO. The van der Waals surface area contributed by atoms with Crippen LogP contribution < -0.4 is 0 Å². The van der Waals surface area contributed by atoms with Crippen molar-refractivity contribution in [1.29, 1.82) is 0 Å². The fourth-order valence-corrected chi connectivity index (χ4v) is 8.14. The summed E-state index contributed by atoms with van der Waals surface area (Å²) in [6.45, 7) is -12.7. The molecule has 0 amide bonds. The van der Waals surface area contributed by atoms with Gasteiger partial charge in [0.15, 0.2) is 0 Å². The Labute approximate surface area is 589 Å². The summed E-state index contributed by atoms with van der Waals surface area (Å²) in [7, 11) is 0. The van der Waals surface area contributed by atoms with Gasteiger partial charge in [0, 0.05) is 0 Å². The standard InChI is InChI=1S/C62H126O39/c63-7-43(72)3-1-5-56(95-29-54(83)26-87-18-47(76)11-67)39-99-59(32-89-20-49(78)13-69)35-93-36-60(33-90-21-50(79)14-70)100-40-57(6-2-4-44(73)8-64)98-41-62(38-94-34-58(96-28-51(80)15-71)31-91-24-52(81)22-85-16-45(74)9-65)101-42-61(97-30-55(84)27-88-19-48(77)12-68)37-92-25-53(82)23-86-17-46(75)10-66/h43-84H,1-42H2. The molecule has 101 heavy (non-hydrogen) atoms. The predicted octanol–water partition coefficient (Wildman–Crippen LogP) is -11.2. The van der Waals surface area contributed by atoms with Crippen molar-refractivity contribution < 1.29 is 193 Å². The zero-order valence-corrected chi connectivity index (χ0v) is 58.0. The summed E-state index contributed by atoms with van der Waals surface area (Å²) in [6, 6.07) is 0. The van der Waals surface area contributed by atoms with Crippen molar-refractivity contribution in [2.24, 2.45) is 0 Å². The maximum Gasteiger partial charge on any atom is 0.104 e. The predicted molar refractivity (Wildman–Crippen MR) is 346 cm³/mol. The molecule has 20 atom stereocenters. The molecule has 0 aliphatic heterocycles. The van der Waals surface area contributed by atoms with E-state index in [1.807, 2.05) is 0 Å². The normalized spacial score (nSPS) is 18.4. The van der Waals surface area contributed by atoms with Crippen LogP contribution in [-0.4, -0.2) is 472 Å². The lowest BCUT2D eigenvalue weighted by Crippen LogP contribution is -2.38. The summed E-state index contributed by atoms with van der Waals surface area (Å²) in [6.07, 6.45) is -20.7. The van der Waals surface area contributed by atoms with E-state index in [0.717, 1.165) is 0 Å². The average molecular weight is 1500 g/mol. The molecule has 0 aliphatic carbocycles.